The van der Waals surface area contributed by atoms with E-state index in [1.54, 1.807) is 19.2 Å². The molecular weight excluding hydrogens is 420 g/mol. The van der Waals surface area contributed by atoms with Crippen molar-refractivity contribution in [3.05, 3.63) is 59.2 Å². The number of likely N-dealkylation sites (tertiary alicyclic amines) is 1. The first-order chi connectivity index (χ1) is 15.2. The van der Waals surface area contributed by atoms with Gasteiger partial charge >= 0.3 is 0 Å². The maximum atomic E-state index is 11.4. The second-order valence-corrected chi connectivity index (χ2v) is 11.3. The van der Waals surface area contributed by atoms with E-state index in [0.717, 1.165) is 37.1 Å². The van der Waals surface area contributed by atoms with Gasteiger partial charge in [-0.3, -0.25) is 0 Å². The van der Waals surface area contributed by atoms with E-state index < -0.39 is 10.0 Å². The minimum absolute atomic E-state index is 0.178. The molecule has 0 radical (unpaired) electrons. The molecule has 2 aliphatic rings. The van der Waals surface area contributed by atoms with Crippen molar-refractivity contribution in [3.63, 3.8) is 0 Å². The molecule has 0 unspecified atom stereocenters. The molecule has 6 heteroatoms. The number of fused-ring (bicyclic) bond motifs is 4. The van der Waals surface area contributed by atoms with Gasteiger partial charge in [-0.1, -0.05) is 38.0 Å². The summed E-state index contributed by atoms with van der Waals surface area (Å²) in [6, 6.07) is 14.3. The van der Waals surface area contributed by atoms with Crippen molar-refractivity contribution in [1.82, 2.24) is 4.90 Å². The first-order valence-corrected chi connectivity index (χ1v) is 13.3. The Hall–Kier alpha value is -1.89. The molecule has 0 aromatic heterocycles. The Morgan fingerprint density at radius 2 is 1.88 bits per heavy atom. The van der Waals surface area contributed by atoms with Gasteiger partial charge in [-0.05, 0) is 92.6 Å². The summed E-state index contributed by atoms with van der Waals surface area (Å²) in [6.45, 7) is 3.61. The molecule has 1 aliphatic heterocycles. The second kappa shape index (κ2) is 9.16. The number of sulfonamides is 1. The van der Waals surface area contributed by atoms with Crippen molar-refractivity contribution in [1.29, 1.82) is 0 Å². The fraction of sp³-hybridized carbons (Fsp3) is 0.538. The Labute approximate surface area is 193 Å². The van der Waals surface area contributed by atoms with Crippen LogP contribution < -0.4 is 9.88 Å². The molecular formula is C26H36N2O3S. The van der Waals surface area contributed by atoms with Crippen molar-refractivity contribution in [2.45, 2.75) is 68.2 Å². The van der Waals surface area contributed by atoms with Gasteiger partial charge in [0.2, 0.25) is 10.0 Å². The number of aryl methyl sites for hydroxylation is 1. The van der Waals surface area contributed by atoms with E-state index in [1.165, 1.54) is 36.8 Å². The summed E-state index contributed by atoms with van der Waals surface area (Å²) in [5.41, 5.74) is 4.41. The highest BCUT2D eigenvalue weighted by Gasteiger charge is 2.49. The topological polar surface area (TPSA) is 72.6 Å². The Balaban J connectivity index is 1.42. The van der Waals surface area contributed by atoms with E-state index in [1.807, 2.05) is 12.1 Å². The zero-order valence-corrected chi connectivity index (χ0v) is 20.3. The molecule has 0 saturated carbocycles. The number of unbranched alkanes of at least 4 members (excludes halogenated alkanes) is 2. The summed E-state index contributed by atoms with van der Waals surface area (Å²) in [6.07, 6.45) is 7.99. The Morgan fingerprint density at radius 1 is 1.12 bits per heavy atom. The van der Waals surface area contributed by atoms with Crippen LogP contribution in [0.3, 0.4) is 0 Å². The summed E-state index contributed by atoms with van der Waals surface area (Å²) in [5, 5.41) is 5.19. The van der Waals surface area contributed by atoms with Gasteiger partial charge in [0.1, 0.15) is 5.75 Å². The van der Waals surface area contributed by atoms with Gasteiger partial charge in [-0.15, -0.1) is 0 Å². The van der Waals surface area contributed by atoms with Crippen molar-refractivity contribution in [2.24, 2.45) is 11.1 Å². The average Bonchev–Trinajstić information content (AvgIpc) is 2.77. The van der Waals surface area contributed by atoms with Gasteiger partial charge in [0.15, 0.2) is 0 Å². The van der Waals surface area contributed by atoms with Crippen LogP contribution in [0.2, 0.25) is 0 Å². The lowest BCUT2D eigenvalue weighted by atomic mass is 9.56. The highest BCUT2D eigenvalue weighted by molar-refractivity contribution is 7.89. The molecule has 1 heterocycles. The van der Waals surface area contributed by atoms with Gasteiger partial charge in [-0.25, -0.2) is 13.6 Å². The summed E-state index contributed by atoms with van der Waals surface area (Å²) in [7, 11) is 0.415. The van der Waals surface area contributed by atoms with Crippen LogP contribution in [0, 0.1) is 5.92 Å². The molecule has 174 valence electrons. The van der Waals surface area contributed by atoms with Crippen LogP contribution in [0.4, 0.5) is 0 Å². The van der Waals surface area contributed by atoms with E-state index in [0.29, 0.717) is 12.0 Å². The van der Waals surface area contributed by atoms with E-state index in [-0.39, 0.29) is 10.3 Å². The van der Waals surface area contributed by atoms with Crippen LogP contribution in [0.5, 0.6) is 5.75 Å². The van der Waals surface area contributed by atoms with Gasteiger partial charge < -0.3 is 9.64 Å². The standard InChI is InChI=1S/C26H36N2O3S/c1-19-25-17-21-10-11-22(31-3)18-24(21)26(19,15-16-28(25)2)14-6-4-5-7-20-8-12-23(13-9-20)32(27,29)30/h8-13,18-19,25H,4-7,14-17H2,1-3H3,(H2,27,29,30)/t19-,25+,26-/m0/s1. The second-order valence-electron chi connectivity index (χ2n) is 9.72. The number of nitrogens with zero attached hydrogens (tertiary/aromatic N) is 1. The third-order valence-electron chi connectivity index (χ3n) is 8.05. The van der Waals surface area contributed by atoms with Crippen LogP contribution in [0.25, 0.3) is 0 Å². The largest absolute Gasteiger partial charge is 0.497 e. The number of likely N-dealkylation sites (N-methyl/N-ethyl adjacent to an activating group) is 1. The minimum atomic E-state index is -3.62. The molecule has 0 amide bonds. The highest BCUT2D eigenvalue weighted by Crippen LogP contribution is 2.52. The number of hydrogen-bond donors (Lipinski definition) is 1. The third-order valence-corrected chi connectivity index (χ3v) is 8.98. The first kappa shape index (κ1) is 23.3. The number of methoxy groups -OCH3 is 1. The molecule has 2 aromatic carbocycles. The van der Waals surface area contributed by atoms with Crippen molar-refractivity contribution >= 4 is 10.0 Å². The summed E-state index contributed by atoms with van der Waals surface area (Å²) in [5.74, 6) is 1.60. The quantitative estimate of drug-likeness (QED) is 0.602. The smallest absolute Gasteiger partial charge is 0.238 e. The van der Waals surface area contributed by atoms with Crippen LogP contribution in [0.15, 0.2) is 47.4 Å². The molecule has 3 atom stereocenters. The van der Waals surface area contributed by atoms with Crippen molar-refractivity contribution < 1.29 is 13.2 Å². The van der Waals surface area contributed by atoms with Crippen LogP contribution in [-0.2, 0) is 28.3 Å². The van der Waals surface area contributed by atoms with Gasteiger partial charge in [0.05, 0.1) is 12.0 Å². The molecule has 32 heavy (non-hydrogen) atoms. The van der Waals surface area contributed by atoms with Crippen LogP contribution in [0.1, 0.15) is 55.7 Å². The monoisotopic (exact) mass is 456 g/mol. The number of ether oxygens (including phenoxy) is 1. The Bertz CT molecular complexity index is 1050. The molecule has 4 rings (SSSR count). The van der Waals surface area contributed by atoms with Gasteiger partial charge in [0, 0.05) is 11.5 Å². The number of hydrogen-bond acceptors (Lipinski definition) is 4. The number of benzene rings is 2. The maximum Gasteiger partial charge on any atom is 0.238 e. The highest BCUT2D eigenvalue weighted by atomic mass is 32.2. The molecule has 1 fully saturated rings. The predicted molar refractivity (Wildman–Crippen MR) is 129 cm³/mol. The minimum Gasteiger partial charge on any atom is -0.497 e. The zero-order valence-electron chi connectivity index (χ0n) is 19.5. The molecule has 5 nitrogen and oxygen atoms in total. The summed E-state index contributed by atoms with van der Waals surface area (Å²) in [4.78, 5) is 2.74. The first-order valence-electron chi connectivity index (χ1n) is 11.7. The van der Waals surface area contributed by atoms with E-state index in [2.05, 4.69) is 37.1 Å². The van der Waals surface area contributed by atoms with Crippen LogP contribution in [-0.4, -0.2) is 40.1 Å². The SMILES string of the molecule is COc1ccc2c(c1)[C@@]1(CCCCCc3ccc(S(N)(=O)=O)cc3)CCN(C)[C@H](C2)[C@@H]1C. The maximum absolute atomic E-state index is 11.4. The van der Waals surface area contributed by atoms with Crippen molar-refractivity contribution in [2.75, 3.05) is 20.7 Å². The number of rotatable bonds is 8. The van der Waals surface area contributed by atoms with E-state index in [4.69, 9.17) is 9.88 Å². The number of piperidine rings is 1. The van der Waals surface area contributed by atoms with Gasteiger partial charge in [0.25, 0.3) is 0 Å². The molecule has 0 spiro atoms. The lowest BCUT2D eigenvalue weighted by molar-refractivity contribution is 0.0344. The Morgan fingerprint density at radius 3 is 2.56 bits per heavy atom. The van der Waals surface area contributed by atoms with Crippen LogP contribution >= 0.6 is 0 Å². The summed E-state index contributed by atoms with van der Waals surface area (Å²) < 4.78 is 28.4. The molecule has 1 saturated heterocycles. The normalized spacial score (nSPS) is 25.4. The third kappa shape index (κ3) is 4.45. The molecule has 1 aliphatic carbocycles. The van der Waals surface area contributed by atoms with E-state index >= 15 is 0 Å². The van der Waals surface area contributed by atoms with Crippen molar-refractivity contribution in [3.8, 4) is 5.75 Å². The molecule has 2 N–H and O–H groups in total. The molecule has 2 bridgehead atoms. The van der Waals surface area contributed by atoms with E-state index in [9.17, 15) is 8.42 Å². The average molecular weight is 457 g/mol. The lowest BCUT2D eigenvalue weighted by Crippen LogP contribution is -2.57. The lowest BCUT2D eigenvalue weighted by Gasteiger charge is -2.55. The van der Waals surface area contributed by atoms with Gasteiger partial charge in [-0.2, -0.15) is 0 Å². The predicted octanol–water partition coefficient (Wildman–Crippen LogP) is 4.28. The summed E-state index contributed by atoms with van der Waals surface area (Å²) >= 11 is 0. The fourth-order valence-corrected chi connectivity index (χ4v) is 6.58. The fourth-order valence-electron chi connectivity index (χ4n) is 6.06. The number of primary sulfonamides is 1. The number of nitrogens with two attached hydrogens (primary N) is 1. The zero-order chi connectivity index (χ0) is 22.9. The Kier molecular flexibility index (Phi) is 6.66. The molecule has 2 aromatic rings.